The van der Waals surface area contributed by atoms with E-state index in [4.69, 9.17) is 16.3 Å². The molecule has 0 radical (unpaired) electrons. The van der Waals surface area contributed by atoms with Crippen LogP contribution < -0.4 is 4.74 Å². The Hall–Kier alpha value is -2.78. The average Bonchev–Trinajstić information content (AvgIpc) is 3.04. The third-order valence-corrected chi connectivity index (χ3v) is 4.10. The second-order valence-corrected chi connectivity index (χ2v) is 5.99. The summed E-state index contributed by atoms with van der Waals surface area (Å²) < 4.78 is 5.91. The maximum Gasteiger partial charge on any atom is 0.137 e. The van der Waals surface area contributed by atoms with Crippen molar-refractivity contribution >= 4 is 22.6 Å². The molecule has 2 heterocycles. The van der Waals surface area contributed by atoms with Gasteiger partial charge in [-0.05, 0) is 29.3 Å². The van der Waals surface area contributed by atoms with Crippen LogP contribution in [0.2, 0.25) is 5.02 Å². The highest BCUT2D eigenvalue weighted by molar-refractivity contribution is 6.31. The second-order valence-electron chi connectivity index (χ2n) is 5.55. The first kappa shape index (κ1) is 14.8. The number of nitrogens with one attached hydrogen (secondary N) is 1. The first-order valence-electron chi connectivity index (χ1n) is 7.69. The van der Waals surface area contributed by atoms with Crippen molar-refractivity contribution in [3.05, 3.63) is 83.6 Å². The Morgan fingerprint density at radius 1 is 1.00 bits per heavy atom. The molecule has 0 spiro atoms. The normalized spacial score (nSPS) is 10.9. The summed E-state index contributed by atoms with van der Waals surface area (Å²) in [6.07, 6.45) is 3.59. The lowest BCUT2D eigenvalue weighted by molar-refractivity contribution is 0.306. The summed E-state index contributed by atoms with van der Waals surface area (Å²) >= 11 is 6.08. The molecule has 4 rings (SSSR count). The van der Waals surface area contributed by atoms with Gasteiger partial charge in [-0.15, -0.1) is 0 Å². The number of H-pyrrole nitrogens is 1. The van der Waals surface area contributed by atoms with E-state index < -0.39 is 0 Å². The predicted octanol–water partition coefficient (Wildman–Crippen LogP) is 5.46. The van der Waals surface area contributed by atoms with E-state index in [1.54, 1.807) is 6.20 Å². The summed E-state index contributed by atoms with van der Waals surface area (Å²) in [6.45, 7) is 0.547. The molecule has 0 fully saturated rings. The summed E-state index contributed by atoms with van der Waals surface area (Å²) in [5.41, 5.74) is 4.09. The van der Waals surface area contributed by atoms with Gasteiger partial charge in [-0.3, -0.25) is 0 Å². The number of benzene rings is 2. The van der Waals surface area contributed by atoms with Crippen molar-refractivity contribution < 1.29 is 4.74 Å². The summed E-state index contributed by atoms with van der Waals surface area (Å²) in [5, 5.41) is 1.63. The van der Waals surface area contributed by atoms with Gasteiger partial charge in [-0.2, -0.15) is 0 Å². The molecule has 0 aliphatic heterocycles. The maximum absolute atomic E-state index is 6.08. The number of pyridine rings is 1. The lowest BCUT2D eigenvalue weighted by atomic mass is 10.1. The van der Waals surface area contributed by atoms with Crippen LogP contribution in [0.25, 0.3) is 22.2 Å². The Labute approximate surface area is 144 Å². The van der Waals surface area contributed by atoms with Gasteiger partial charge in [0.1, 0.15) is 18.0 Å². The van der Waals surface area contributed by atoms with E-state index in [2.05, 4.69) is 28.2 Å². The number of rotatable bonds is 4. The van der Waals surface area contributed by atoms with Gasteiger partial charge in [0.2, 0.25) is 0 Å². The van der Waals surface area contributed by atoms with Crippen molar-refractivity contribution in [3.8, 4) is 16.9 Å². The zero-order chi connectivity index (χ0) is 16.4. The van der Waals surface area contributed by atoms with E-state index in [-0.39, 0.29) is 0 Å². The molecule has 0 unspecified atom stereocenters. The van der Waals surface area contributed by atoms with Crippen LogP contribution in [0.3, 0.4) is 0 Å². The van der Waals surface area contributed by atoms with Crippen molar-refractivity contribution in [2.75, 3.05) is 0 Å². The fourth-order valence-corrected chi connectivity index (χ4v) is 2.87. The van der Waals surface area contributed by atoms with Gasteiger partial charge in [-0.1, -0.05) is 54.1 Å². The molecule has 118 valence electrons. The molecule has 0 aliphatic rings. The van der Waals surface area contributed by atoms with Crippen molar-refractivity contribution in [3.63, 3.8) is 0 Å². The van der Waals surface area contributed by atoms with Gasteiger partial charge >= 0.3 is 0 Å². The molecule has 24 heavy (non-hydrogen) atoms. The van der Waals surface area contributed by atoms with Gasteiger partial charge in [0.15, 0.2) is 0 Å². The van der Waals surface area contributed by atoms with Crippen LogP contribution in [0, 0.1) is 0 Å². The SMILES string of the molecule is Clc1cnc2[nH]cc(-c3cccc(OCc4ccccc4)c3)c2c1. The lowest BCUT2D eigenvalue weighted by Crippen LogP contribution is -1.94. The number of ether oxygens (including phenoxy) is 1. The molecule has 4 heteroatoms. The van der Waals surface area contributed by atoms with Crippen LogP contribution in [0.5, 0.6) is 5.75 Å². The zero-order valence-corrected chi connectivity index (χ0v) is 13.6. The number of fused-ring (bicyclic) bond motifs is 1. The maximum atomic E-state index is 6.08. The molecule has 0 aliphatic carbocycles. The minimum atomic E-state index is 0.547. The molecule has 1 N–H and O–H groups in total. The molecule has 0 atom stereocenters. The number of aromatic amines is 1. The van der Waals surface area contributed by atoms with Gasteiger partial charge in [0.05, 0.1) is 5.02 Å². The Bertz CT molecular complexity index is 979. The second kappa shape index (κ2) is 6.38. The quantitative estimate of drug-likeness (QED) is 0.538. The molecule has 0 saturated carbocycles. The smallest absolute Gasteiger partial charge is 0.137 e. The van der Waals surface area contributed by atoms with E-state index in [9.17, 15) is 0 Å². The Morgan fingerprint density at radius 2 is 1.88 bits per heavy atom. The van der Waals surface area contributed by atoms with Crippen molar-refractivity contribution in [1.82, 2.24) is 9.97 Å². The van der Waals surface area contributed by atoms with Crippen LogP contribution in [0.1, 0.15) is 5.56 Å². The van der Waals surface area contributed by atoms with E-state index in [1.165, 1.54) is 0 Å². The van der Waals surface area contributed by atoms with Crippen LogP contribution in [0.15, 0.2) is 73.1 Å². The highest BCUT2D eigenvalue weighted by Crippen LogP contribution is 2.31. The summed E-state index contributed by atoms with van der Waals surface area (Å²) in [6, 6.07) is 20.1. The number of halogens is 1. The molecule has 0 amide bonds. The standard InChI is InChI=1S/C20H15ClN2O/c21-16-10-18-19(12-23-20(18)22-11-16)15-7-4-8-17(9-15)24-13-14-5-2-1-3-6-14/h1-12H,13H2,(H,22,23). The third kappa shape index (κ3) is 2.99. The first-order valence-corrected chi connectivity index (χ1v) is 8.07. The Kier molecular flexibility index (Phi) is 3.93. The van der Waals surface area contributed by atoms with E-state index in [0.29, 0.717) is 11.6 Å². The molecule has 3 nitrogen and oxygen atoms in total. The Balaban J connectivity index is 1.63. The number of aromatic nitrogens is 2. The van der Waals surface area contributed by atoms with E-state index in [0.717, 1.165) is 33.5 Å². The number of nitrogens with zero attached hydrogens (tertiary/aromatic N) is 1. The summed E-state index contributed by atoms with van der Waals surface area (Å²) in [5.74, 6) is 0.834. The van der Waals surface area contributed by atoms with Crippen LogP contribution in [0.4, 0.5) is 0 Å². The van der Waals surface area contributed by atoms with E-state index >= 15 is 0 Å². The number of hydrogen-bond donors (Lipinski definition) is 1. The zero-order valence-electron chi connectivity index (χ0n) is 12.9. The molecule has 4 aromatic rings. The van der Waals surface area contributed by atoms with Crippen LogP contribution >= 0.6 is 11.6 Å². The van der Waals surface area contributed by atoms with Crippen LogP contribution in [-0.4, -0.2) is 9.97 Å². The van der Waals surface area contributed by atoms with Crippen LogP contribution in [-0.2, 0) is 6.61 Å². The predicted molar refractivity (Wildman–Crippen MR) is 97.3 cm³/mol. The van der Waals surface area contributed by atoms with Gasteiger partial charge in [0.25, 0.3) is 0 Å². The summed E-state index contributed by atoms with van der Waals surface area (Å²) in [7, 11) is 0. The topological polar surface area (TPSA) is 37.9 Å². The van der Waals surface area contributed by atoms with Gasteiger partial charge in [-0.25, -0.2) is 4.98 Å². The first-order chi connectivity index (χ1) is 11.8. The highest BCUT2D eigenvalue weighted by Gasteiger charge is 2.08. The minimum Gasteiger partial charge on any atom is -0.489 e. The molecular weight excluding hydrogens is 320 g/mol. The Morgan fingerprint density at radius 3 is 2.75 bits per heavy atom. The fourth-order valence-electron chi connectivity index (χ4n) is 2.71. The molecule has 2 aromatic carbocycles. The van der Waals surface area contributed by atoms with Gasteiger partial charge < -0.3 is 9.72 Å². The molecule has 0 saturated heterocycles. The van der Waals surface area contributed by atoms with Crippen molar-refractivity contribution in [2.45, 2.75) is 6.61 Å². The third-order valence-electron chi connectivity index (χ3n) is 3.89. The molecule has 0 bridgehead atoms. The highest BCUT2D eigenvalue weighted by atomic mass is 35.5. The monoisotopic (exact) mass is 334 g/mol. The summed E-state index contributed by atoms with van der Waals surface area (Å²) in [4.78, 5) is 7.49. The lowest BCUT2D eigenvalue weighted by Gasteiger charge is -2.08. The van der Waals surface area contributed by atoms with Gasteiger partial charge in [0, 0.05) is 23.3 Å². The largest absolute Gasteiger partial charge is 0.489 e. The molecular formula is C20H15ClN2O. The fraction of sp³-hybridized carbons (Fsp3) is 0.0500. The average molecular weight is 335 g/mol. The number of hydrogen-bond acceptors (Lipinski definition) is 2. The van der Waals surface area contributed by atoms with Crippen molar-refractivity contribution in [1.29, 1.82) is 0 Å². The van der Waals surface area contributed by atoms with Crippen molar-refractivity contribution in [2.24, 2.45) is 0 Å². The minimum absolute atomic E-state index is 0.547. The molecule has 2 aromatic heterocycles. The van der Waals surface area contributed by atoms with E-state index in [1.807, 2.05) is 48.7 Å².